The number of nitrogens with zero attached hydrogens (tertiary/aromatic N) is 1. The van der Waals surface area contributed by atoms with E-state index in [0.717, 1.165) is 42.0 Å². The van der Waals surface area contributed by atoms with E-state index >= 15 is 0 Å². The van der Waals surface area contributed by atoms with Crippen molar-refractivity contribution in [2.45, 2.75) is 57.8 Å². The Kier molecular flexibility index (Phi) is 8.14. The molecule has 0 radical (unpaired) electrons. The van der Waals surface area contributed by atoms with Crippen molar-refractivity contribution in [3.05, 3.63) is 81.8 Å². The van der Waals surface area contributed by atoms with E-state index in [4.69, 9.17) is 4.74 Å². The fraction of sp³-hybridized carbons (Fsp3) is 0.346. The van der Waals surface area contributed by atoms with Gasteiger partial charge >= 0.3 is 6.03 Å². The van der Waals surface area contributed by atoms with Crippen LogP contribution >= 0.6 is 11.3 Å². The van der Waals surface area contributed by atoms with Crippen LogP contribution in [-0.4, -0.2) is 29.0 Å². The molecule has 1 aliphatic carbocycles. The predicted molar refractivity (Wildman–Crippen MR) is 133 cm³/mol. The molecule has 3 aromatic rings. The highest BCUT2D eigenvalue weighted by atomic mass is 32.1. The lowest BCUT2D eigenvalue weighted by Crippen LogP contribution is -2.55. The van der Waals surface area contributed by atoms with Crippen molar-refractivity contribution >= 4 is 23.3 Å². The average Bonchev–Trinajstić information content (AvgIpc) is 3.34. The lowest BCUT2D eigenvalue weighted by Gasteiger charge is -2.32. The van der Waals surface area contributed by atoms with Crippen LogP contribution < -0.4 is 20.7 Å². The second-order valence-electron chi connectivity index (χ2n) is 8.51. The van der Waals surface area contributed by atoms with Crippen LogP contribution in [-0.2, 0) is 13.2 Å². The normalized spacial score (nSPS) is 17.6. The Morgan fingerprint density at radius 1 is 1.00 bits per heavy atom. The number of nitrogens with one attached hydrogen (secondary N) is 3. The van der Waals surface area contributed by atoms with Gasteiger partial charge in [0.1, 0.15) is 23.1 Å². The molecule has 4 rings (SSSR count). The summed E-state index contributed by atoms with van der Waals surface area (Å²) in [5.74, 6) is 0.551. The minimum atomic E-state index is -0.223. The van der Waals surface area contributed by atoms with E-state index < -0.39 is 0 Å². The first kappa shape index (κ1) is 23.8. The zero-order valence-electron chi connectivity index (χ0n) is 19.3. The number of hydrogen-bond acceptors (Lipinski definition) is 5. The van der Waals surface area contributed by atoms with E-state index in [1.54, 1.807) is 5.38 Å². The van der Waals surface area contributed by atoms with Gasteiger partial charge in [-0.25, -0.2) is 9.78 Å². The molecular formula is C26H30N4O3S. The molecule has 34 heavy (non-hydrogen) atoms. The Hall–Kier alpha value is -3.39. The van der Waals surface area contributed by atoms with E-state index in [2.05, 4.69) is 20.9 Å². The molecule has 1 heterocycles. The lowest BCUT2D eigenvalue weighted by atomic mass is 9.90. The summed E-state index contributed by atoms with van der Waals surface area (Å²) in [5.41, 5.74) is 2.59. The third-order valence-corrected chi connectivity index (χ3v) is 6.68. The zero-order valence-corrected chi connectivity index (χ0v) is 20.1. The van der Waals surface area contributed by atoms with Crippen molar-refractivity contribution in [2.75, 3.05) is 0 Å². The highest BCUT2D eigenvalue weighted by Crippen LogP contribution is 2.20. The van der Waals surface area contributed by atoms with Crippen LogP contribution in [0, 0.1) is 6.92 Å². The number of ether oxygens (including phenoxy) is 1. The smallest absolute Gasteiger partial charge is 0.315 e. The van der Waals surface area contributed by atoms with Gasteiger partial charge in [-0.15, -0.1) is 11.3 Å². The maximum atomic E-state index is 12.8. The topological polar surface area (TPSA) is 92.3 Å². The molecular weight excluding hydrogens is 448 g/mol. The van der Waals surface area contributed by atoms with Gasteiger partial charge in [-0.2, -0.15) is 0 Å². The third kappa shape index (κ3) is 6.81. The third-order valence-electron chi connectivity index (χ3n) is 5.86. The summed E-state index contributed by atoms with van der Waals surface area (Å²) in [6, 6.07) is 17.1. The fourth-order valence-corrected chi connectivity index (χ4v) is 4.66. The van der Waals surface area contributed by atoms with Crippen LogP contribution in [0.3, 0.4) is 0 Å². The van der Waals surface area contributed by atoms with Crippen LogP contribution in [0.15, 0.2) is 60.0 Å². The minimum Gasteiger partial charge on any atom is -0.486 e. The minimum absolute atomic E-state index is 0.114. The summed E-state index contributed by atoms with van der Waals surface area (Å²) in [7, 11) is 0. The summed E-state index contributed by atoms with van der Waals surface area (Å²) in [6.07, 6.45) is 3.69. The molecule has 0 unspecified atom stereocenters. The van der Waals surface area contributed by atoms with Crippen molar-refractivity contribution < 1.29 is 14.3 Å². The monoisotopic (exact) mass is 478 g/mol. The Bertz CT molecular complexity index is 1080. The van der Waals surface area contributed by atoms with Crippen molar-refractivity contribution in [3.63, 3.8) is 0 Å². The van der Waals surface area contributed by atoms with E-state index in [1.165, 1.54) is 16.9 Å². The molecule has 8 heteroatoms. The first-order valence-electron chi connectivity index (χ1n) is 11.6. The Labute approximate surface area is 204 Å². The van der Waals surface area contributed by atoms with Gasteiger partial charge in [-0.05, 0) is 37.5 Å². The van der Waals surface area contributed by atoms with Crippen LogP contribution in [0.25, 0.3) is 0 Å². The SMILES string of the molecule is Cc1ccc(OCc2nc(C(=O)N[C@H]3CCCC[C@@H]3NC(=O)NCc3ccccc3)cs2)cc1. The predicted octanol–water partition coefficient (Wildman–Crippen LogP) is 4.57. The molecule has 178 valence electrons. The van der Waals surface area contributed by atoms with Crippen molar-refractivity contribution in [1.29, 1.82) is 0 Å². The zero-order chi connectivity index (χ0) is 23.8. The van der Waals surface area contributed by atoms with Crippen molar-refractivity contribution in [1.82, 2.24) is 20.9 Å². The standard InChI is InChI=1S/C26H30N4O3S/c1-18-11-13-20(14-12-18)33-16-24-28-23(17-34-24)25(31)29-21-9-5-6-10-22(21)30-26(32)27-15-19-7-3-2-4-8-19/h2-4,7-8,11-14,17,21-22H,5-6,9-10,15-16H2,1H3,(H,29,31)(H2,27,30,32)/t21-,22-/m0/s1. The van der Waals surface area contributed by atoms with Gasteiger partial charge < -0.3 is 20.7 Å². The van der Waals surface area contributed by atoms with Gasteiger partial charge in [0.25, 0.3) is 5.91 Å². The summed E-state index contributed by atoms with van der Waals surface area (Å²) < 4.78 is 5.77. The maximum absolute atomic E-state index is 12.8. The summed E-state index contributed by atoms with van der Waals surface area (Å²) in [6.45, 7) is 2.80. The molecule has 0 saturated heterocycles. The molecule has 0 aliphatic heterocycles. The molecule has 0 bridgehead atoms. The number of rotatable bonds is 8. The van der Waals surface area contributed by atoms with Crippen LogP contribution in [0.5, 0.6) is 5.75 Å². The number of hydrogen-bond donors (Lipinski definition) is 3. The molecule has 0 spiro atoms. The lowest BCUT2D eigenvalue weighted by molar-refractivity contribution is 0.0911. The number of amides is 3. The van der Waals surface area contributed by atoms with Crippen LogP contribution in [0.4, 0.5) is 4.79 Å². The number of carbonyl (C=O) groups excluding carboxylic acids is 2. The number of urea groups is 1. The second kappa shape index (κ2) is 11.7. The van der Waals surface area contributed by atoms with Gasteiger partial charge in [0, 0.05) is 18.0 Å². The molecule has 3 amide bonds. The number of thiazole rings is 1. The molecule has 1 aromatic heterocycles. The highest BCUT2D eigenvalue weighted by molar-refractivity contribution is 7.09. The molecule has 2 atom stereocenters. The largest absolute Gasteiger partial charge is 0.486 e. The molecule has 1 saturated carbocycles. The molecule has 3 N–H and O–H groups in total. The summed E-state index contributed by atoms with van der Waals surface area (Å²) in [5, 5.41) is 11.5. The molecule has 7 nitrogen and oxygen atoms in total. The Balaban J connectivity index is 1.27. The molecule has 1 aliphatic rings. The van der Waals surface area contributed by atoms with E-state index in [0.29, 0.717) is 18.8 Å². The van der Waals surface area contributed by atoms with Gasteiger partial charge in [0.2, 0.25) is 0 Å². The van der Waals surface area contributed by atoms with Crippen molar-refractivity contribution in [2.24, 2.45) is 0 Å². The fourth-order valence-electron chi connectivity index (χ4n) is 3.98. The Morgan fingerprint density at radius 3 is 2.44 bits per heavy atom. The maximum Gasteiger partial charge on any atom is 0.315 e. The molecule has 2 aromatic carbocycles. The first-order chi connectivity index (χ1) is 16.6. The quantitative estimate of drug-likeness (QED) is 0.442. The number of aryl methyl sites for hydroxylation is 1. The van der Waals surface area contributed by atoms with Gasteiger partial charge in [0.15, 0.2) is 0 Å². The number of benzene rings is 2. The number of carbonyl (C=O) groups is 2. The van der Waals surface area contributed by atoms with Crippen molar-refractivity contribution in [3.8, 4) is 5.75 Å². The average molecular weight is 479 g/mol. The summed E-state index contributed by atoms with van der Waals surface area (Å²) >= 11 is 1.40. The van der Waals surface area contributed by atoms with E-state index in [1.807, 2.05) is 61.5 Å². The summed E-state index contributed by atoms with van der Waals surface area (Å²) in [4.78, 5) is 29.7. The second-order valence-corrected chi connectivity index (χ2v) is 9.45. The van der Waals surface area contributed by atoms with Gasteiger partial charge in [-0.1, -0.05) is 60.9 Å². The van der Waals surface area contributed by atoms with Gasteiger partial charge in [0.05, 0.1) is 6.04 Å². The van der Waals surface area contributed by atoms with E-state index in [-0.39, 0.29) is 24.0 Å². The molecule has 1 fully saturated rings. The van der Waals surface area contributed by atoms with Gasteiger partial charge in [-0.3, -0.25) is 4.79 Å². The number of aromatic nitrogens is 1. The first-order valence-corrected chi connectivity index (χ1v) is 12.5. The van der Waals surface area contributed by atoms with Crippen LogP contribution in [0.2, 0.25) is 0 Å². The Morgan fingerprint density at radius 2 is 1.71 bits per heavy atom. The van der Waals surface area contributed by atoms with E-state index in [9.17, 15) is 9.59 Å². The van der Waals surface area contributed by atoms with Crippen LogP contribution in [0.1, 0.15) is 52.3 Å². The highest BCUT2D eigenvalue weighted by Gasteiger charge is 2.28.